The van der Waals surface area contributed by atoms with Crippen molar-refractivity contribution >= 4 is 50.7 Å². The molecule has 0 heterocycles. The first-order valence-electron chi connectivity index (χ1n) is 13.0. The molecule has 2 aromatic rings. The van der Waals surface area contributed by atoms with Crippen molar-refractivity contribution in [1.29, 1.82) is 0 Å². The highest BCUT2D eigenvalue weighted by Gasteiger charge is 2.33. The summed E-state index contributed by atoms with van der Waals surface area (Å²) in [4.78, 5) is 28.8. The molecule has 0 aliphatic heterocycles. The van der Waals surface area contributed by atoms with E-state index in [2.05, 4.69) is 5.32 Å². The molecule has 0 spiro atoms. The SMILES string of the molecule is CC[C@@H](C(=O)NC1CCCCC1)N(Cc1ccc(Cl)cc1Cl)C(=O)CN(c1ccc(C)cc1C)S(C)(=O)=O. The Labute approximate surface area is 236 Å². The largest absolute Gasteiger partial charge is 0.352 e. The van der Waals surface area contributed by atoms with Crippen molar-refractivity contribution in [2.24, 2.45) is 0 Å². The number of amides is 2. The molecule has 1 aliphatic carbocycles. The van der Waals surface area contributed by atoms with Gasteiger partial charge >= 0.3 is 0 Å². The Hall–Kier alpha value is -2.29. The Morgan fingerprint density at radius 3 is 2.32 bits per heavy atom. The predicted octanol–water partition coefficient (Wildman–Crippen LogP) is 5.63. The van der Waals surface area contributed by atoms with Crippen molar-refractivity contribution in [3.05, 3.63) is 63.1 Å². The van der Waals surface area contributed by atoms with Gasteiger partial charge in [-0.1, -0.05) is 73.2 Å². The number of benzene rings is 2. The van der Waals surface area contributed by atoms with Gasteiger partial charge in [-0.3, -0.25) is 13.9 Å². The van der Waals surface area contributed by atoms with E-state index in [1.165, 1.54) is 4.90 Å². The van der Waals surface area contributed by atoms with Crippen LogP contribution in [0.1, 0.15) is 62.1 Å². The van der Waals surface area contributed by atoms with Crippen LogP contribution in [0.3, 0.4) is 0 Å². The first kappa shape index (κ1) is 30.3. The van der Waals surface area contributed by atoms with Crippen LogP contribution in [0, 0.1) is 13.8 Å². The molecule has 7 nitrogen and oxygen atoms in total. The van der Waals surface area contributed by atoms with Crippen LogP contribution in [0.15, 0.2) is 36.4 Å². The smallest absolute Gasteiger partial charge is 0.244 e. The summed E-state index contributed by atoms with van der Waals surface area (Å²) >= 11 is 12.5. The average Bonchev–Trinajstić information content (AvgIpc) is 2.84. The van der Waals surface area contributed by atoms with E-state index in [1.54, 1.807) is 24.3 Å². The lowest BCUT2D eigenvalue weighted by molar-refractivity contribution is -0.140. The first-order valence-corrected chi connectivity index (χ1v) is 15.6. The van der Waals surface area contributed by atoms with Crippen LogP contribution in [-0.4, -0.2) is 50.0 Å². The van der Waals surface area contributed by atoms with Crippen LogP contribution >= 0.6 is 23.2 Å². The number of aryl methyl sites for hydroxylation is 2. The number of carbonyl (C=O) groups excluding carboxylic acids is 2. The average molecular weight is 583 g/mol. The van der Waals surface area contributed by atoms with E-state index in [-0.39, 0.29) is 18.5 Å². The zero-order valence-corrected chi connectivity index (χ0v) is 24.8. The number of nitrogens with zero attached hydrogens (tertiary/aromatic N) is 2. The third-order valence-electron chi connectivity index (χ3n) is 6.99. The lowest BCUT2D eigenvalue weighted by Crippen LogP contribution is -2.54. The molecule has 0 unspecified atom stereocenters. The Bertz CT molecular complexity index is 1260. The van der Waals surface area contributed by atoms with Crippen LogP contribution in [0.25, 0.3) is 0 Å². The number of rotatable bonds is 10. The van der Waals surface area contributed by atoms with Gasteiger partial charge in [0.1, 0.15) is 12.6 Å². The molecule has 10 heteroatoms. The summed E-state index contributed by atoms with van der Waals surface area (Å²) in [7, 11) is -3.80. The van der Waals surface area contributed by atoms with Crippen LogP contribution in [0.4, 0.5) is 5.69 Å². The quantitative estimate of drug-likeness (QED) is 0.393. The topological polar surface area (TPSA) is 86.8 Å². The number of hydrogen-bond acceptors (Lipinski definition) is 4. The predicted molar refractivity (Wildman–Crippen MR) is 154 cm³/mol. The third kappa shape index (κ3) is 7.87. The molecule has 208 valence electrons. The van der Waals surface area contributed by atoms with E-state index in [0.717, 1.165) is 53.8 Å². The Morgan fingerprint density at radius 2 is 1.74 bits per heavy atom. The molecule has 1 N–H and O–H groups in total. The second-order valence-corrected chi connectivity index (χ2v) is 12.8. The van der Waals surface area contributed by atoms with Crippen molar-refractivity contribution < 1.29 is 18.0 Å². The molecule has 1 atom stereocenters. The molecular weight excluding hydrogens is 545 g/mol. The van der Waals surface area contributed by atoms with E-state index in [9.17, 15) is 18.0 Å². The Kier molecular flexibility index (Phi) is 10.5. The standard InChI is InChI=1S/C28H37Cl2N3O4S/c1-5-25(28(35)31-23-9-7-6-8-10-23)32(17-21-12-13-22(29)16-24(21)30)27(34)18-33(38(4,36)37)26-14-11-19(2)15-20(26)3/h11-16,23,25H,5-10,17-18H2,1-4H3,(H,31,35)/t25-/m0/s1. The molecule has 1 saturated carbocycles. The highest BCUT2D eigenvalue weighted by atomic mass is 35.5. The first-order chi connectivity index (χ1) is 17.9. The molecular formula is C28H37Cl2N3O4S. The summed E-state index contributed by atoms with van der Waals surface area (Å²) in [6.45, 7) is 5.16. The zero-order chi connectivity index (χ0) is 28.0. The second-order valence-electron chi connectivity index (χ2n) is 10.1. The van der Waals surface area contributed by atoms with Gasteiger partial charge < -0.3 is 10.2 Å². The van der Waals surface area contributed by atoms with Gasteiger partial charge in [-0.2, -0.15) is 0 Å². The van der Waals surface area contributed by atoms with Crippen LogP contribution in [0.2, 0.25) is 10.0 Å². The number of hydrogen-bond donors (Lipinski definition) is 1. The highest BCUT2D eigenvalue weighted by molar-refractivity contribution is 7.92. The van der Waals surface area contributed by atoms with Crippen molar-refractivity contribution in [3.63, 3.8) is 0 Å². The maximum atomic E-state index is 13.9. The van der Waals surface area contributed by atoms with Crippen molar-refractivity contribution in [2.45, 2.75) is 77.9 Å². The molecule has 38 heavy (non-hydrogen) atoms. The molecule has 0 aromatic heterocycles. The molecule has 0 radical (unpaired) electrons. The number of sulfonamides is 1. The summed E-state index contributed by atoms with van der Waals surface area (Å²) < 4.78 is 26.8. The molecule has 1 aliphatic rings. The van der Waals surface area contributed by atoms with Crippen molar-refractivity contribution in [2.75, 3.05) is 17.1 Å². The monoisotopic (exact) mass is 581 g/mol. The van der Waals surface area contributed by atoms with E-state index < -0.39 is 28.5 Å². The van der Waals surface area contributed by atoms with Gasteiger partial charge in [-0.25, -0.2) is 8.42 Å². The van der Waals surface area contributed by atoms with Gasteiger partial charge in [0.2, 0.25) is 21.8 Å². The summed E-state index contributed by atoms with van der Waals surface area (Å²) in [6.07, 6.45) is 6.53. The van der Waals surface area contributed by atoms with E-state index in [0.29, 0.717) is 27.7 Å². The second kappa shape index (κ2) is 13.2. The molecule has 2 aromatic carbocycles. The van der Waals surface area contributed by atoms with Gasteiger partial charge in [0.05, 0.1) is 11.9 Å². The Balaban J connectivity index is 1.96. The molecule has 1 fully saturated rings. The van der Waals surface area contributed by atoms with E-state index in [1.807, 2.05) is 32.9 Å². The fraction of sp³-hybridized carbons (Fsp3) is 0.500. The van der Waals surface area contributed by atoms with Gasteiger partial charge in [-0.15, -0.1) is 0 Å². The van der Waals surface area contributed by atoms with Crippen LogP contribution < -0.4 is 9.62 Å². The fourth-order valence-electron chi connectivity index (χ4n) is 4.98. The van der Waals surface area contributed by atoms with Gasteiger partial charge in [0.25, 0.3) is 0 Å². The molecule has 0 bridgehead atoms. The maximum absolute atomic E-state index is 13.9. The lowest BCUT2D eigenvalue weighted by atomic mass is 9.95. The fourth-order valence-corrected chi connectivity index (χ4v) is 6.35. The van der Waals surface area contributed by atoms with Crippen molar-refractivity contribution in [3.8, 4) is 0 Å². The van der Waals surface area contributed by atoms with Crippen LogP contribution in [0.5, 0.6) is 0 Å². The summed E-state index contributed by atoms with van der Waals surface area (Å²) in [5.41, 5.74) is 2.76. The van der Waals surface area contributed by atoms with E-state index in [4.69, 9.17) is 23.2 Å². The summed E-state index contributed by atoms with van der Waals surface area (Å²) in [5.74, 6) is -0.734. The minimum absolute atomic E-state index is 0.0376. The Morgan fingerprint density at radius 1 is 1.05 bits per heavy atom. The van der Waals surface area contributed by atoms with E-state index >= 15 is 0 Å². The number of anilines is 1. The summed E-state index contributed by atoms with van der Waals surface area (Å²) in [6, 6.07) is 9.64. The van der Waals surface area contributed by atoms with Crippen molar-refractivity contribution in [1.82, 2.24) is 10.2 Å². The molecule has 3 rings (SSSR count). The minimum atomic E-state index is -3.80. The zero-order valence-electron chi connectivity index (χ0n) is 22.5. The molecule has 2 amide bonds. The minimum Gasteiger partial charge on any atom is -0.352 e. The number of nitrogens with one attached hydrogen (secondary N) is 1. The lowest BCUT2D eigenvalue weighted by Gasteiger charge is -2.34. The number of carbonyl (C=O) groups is 2. The number of halogens is 2. The normalized spacial score (nSPS) is 15.1. The van der Waals surface area contributed by atoms with Gasteiger partial charge in [0.15, 0.2) is 0 Å². The van der Waals surface area contributed by atoms with Crippen LogP contribution in [-0.2, 0) is 26.2 Å². The molecule has 0 saturated heterocycles. The van der Waals surface area contributed by atoms with Gasteiger partial charge in [-0.05, 0) is 62.4 Å². The third-order valence-corrected chi connectivity index (χ3v) is 8.71. The highest BCUT2D eigenvalue weighted by Crippen LogP contribution is 2.27. The van der Waals surface area contributed by atoms with Gasteiger partial charge in [0, 0.05) is 22.6 Å². The maximum Gasteiger partial charge on any atom is 0.244 e. The summed E-state index contributed by atoms with van der Waals surface area (Å²) in [5, 5.41) is 3.95.